The first-order valence-corrected chi connectivity index (χ1v) is 10.9. The summed E-state index contributed by atoms with van der Waals surface area (Å²) in [6.45, 7) is 8.88. The number of halogens is 1. The number of hydrogen-bond acceptors (Lipinski definition) is 5. The zero-order chi connectivity index (χ0) is 20.4. The molecule has 29 heavy (non-hydrogen) atoms. The van der Waals surface area contributed by atoms with E-state index in [0.717, 1.165) is 39.1 Å². The first-order valence-electron chi connectivity index (χ1n) is 10.1. The van der Waals surface area contributed by atoms with Crippen LogP contribution >= 0.6 is 35.3 Å². The standard InChI is InChI=1S/C20H35N5O2S.HI/c1-16(2)27-12-11-25-9-7-17(8-10-25)23-20(22-15-19(26)24(3)4)21-14-18-6-5-13-28-18;/h5-6,13,16-17H,7-12,14-15H2,1-4H3,(H2,21,22,23);1H. The van der Waals surface area contributed by atoms with E-state index in [-0.39, 0.29) is 42.5 Å². The highest BCUT2D eigenvalue weighted by Crippen LogP contribution is 2.11. The van der Waals surface area contributed by atoms with E-state index < -0.39 is 0 Å². The molecule has 0 saturated carbocycles. The van der Waals surface area contributed by atoms with Crippen LogP contribution in [0.2, 0.25) is 0 Å². The van der Waals surface area contributed by atoms with Crippen LogP contribution in [0, 0.1) is 0 Å². The van der Waals surface area contributed by atoms with Gasteiger partial charge in [0.25, 0.3) is 0 Å². The Morgan fingerprint density at radius 3 is 2.69 bits per heavy atom. The molecule has 0 atom stereocenters. The molecule has 2 rings (SSSR count). The smallest absolute Gasteiger partial charge is 0.243 e. The van der Waals surface area contributed by atoms with Crippen LogP contribution in [-0.4, -0.2) is 80.7 Å². The van der Waals surface area contributed by atoms with Crippen molar-refractivity contribution in [2.45, 2.75) is 45.4 Å². The van der Waals surface area contributed by atoms with Crippen molar-refractivity contribution in [2.75, 3.05) is 46.9 Å². The number of likely N-dealkylation sites (N-methyl/N-ethyl adjacent to an activating group) is 1. The summed E-state index contributed by atoms with van der Waals surface area (Å²) in [4.78, 5) is 21.7. The Kier molecular flexibility index (Phi) is 12.8. The summed E-state index contributed by atoms with van der Waals surface area (Å²) in [6.07, 6.45) is 2.41. The van der Waals surface area contributed by atoms with Gasteiger partial charge in [0.1, 0.15) is 6.54 Å². The Balaban J connectivity index is 0.00000420. The van der Waals surface area contributed by atoms with Gasteiger partial charge in [-0.3, -0.25) is 4.79 Å². The second kappa shape index (κ2) is 14.2. The molecule has 0 bridgehead atoms. The zero-order valence-electron chi connectivity index (χ0n) is 18.0. The van der Waals surface area contributed by atoms with Crippen LogP contribution in [0.15, 0.2) is 22.5 Å². The van der Waals surface area contributed by atoms with Crippen molar-refractivity contribution in [3.63, 3.8) is 0 Å². The molecule has 1 amide bonds. The molecular formula is C20H36IN5O2S. The molecule has 9 heteroatoms. The van der Waals surface area contributed by atoms with Crippen molar-refractivity contribution in [1.29, 1.82) is 0 Å². The first-order chi connectivity index (χ1) is 13.4. The average Bonchev–Trinajstić information content (AvgIpc) is 3.18. The summed E-state index contributed by atoms with van der Waals surface area (Å²) in [7, 11) is 3.51. The maximum absolute atomic E-state index is 11.9. The number of carbonyl (C=O) groups excluding carboxylic acids is 1. The predicted octanol–water partition coefficient (Wildman–Crippen LogP) is 2.38. The lowest BCUT2D eigenvalue weighted by atomic mass is 10.1. The molecule has 166 valence electrons. The third kappa shape index (κ3) is 10.6. The minimum absolute atomic E-state index is 0. The molecule has 2 N–H and O–H groups in total. The van der Waals surface area contributed by atoms with Gasteiger partial charge in [-0.25, -0.2) is 4.99 Å². The van der Waals surface area contributed by atoms with Crippen LogP contribution in [0.1, 0.15) is 31.6 Å². The maximum Gasteiger partial charge on any atom is 0.243 e. The van der Waals surface area contributed by atoms with Crippen LogP contribution in [0.5, 0.6) is 0 Å². The normalized spacial score (nSPS) is 15.8. The maximum atomic E-state index is 11.9. The molecule has 1 saturated heterocycles. The summed E-state index contributed by atoms with van der Waals surface area (Å²) in [5, 5.41) is 8.95. The van der Waals surface area contributed by atoms with E-state index >= 15 is 0 Å². The second-order valence-corrected chi connectivity index (χ2v) is 8.60. The van der Waals surface area contributed by atoms with Crippen molar-refractivity contribution >= 4 is 47.2 Å². The summed E-state index contributed by atoms with van der Waals surface area (Å²) in [5.41, 5.74) is 0. The number of nitrogens with zero attached hydrogens (tertiary/aromatic N) is 3. The second-order valence-electron chi connectivity index (χ2n) is 7.57. The fourth-order valence-corrected chi connectivity index (χ4v) is 3.58. The number of amides is 1. The van der Waals surface area contributed by atoms with E-state index in [9.17, 15) is 4.79 Å². The van der Waals surface area contributed by atoms with Crippen molar-refractivity contribution in [3.8, 4) is 0 Å². The van der Waals surface area contributed by atoms with Crippen LogP contribution in [-0.2, 0) is 16.1 Å². The number of nitrogens with one attached hydrogen (secondary N) is 2. The van der Waals surface area contributed by atoms with Crippen LogP contribution in [0.4, 0.5) is 0 Å². The molecule has 7 nitrogen and oxygen atoms in total. The molecule has 1 aromatic heterocycles. The molecule has 0 aromatic carbocycles. The SMILES string of the molecule is CC(C)OCCN1CCC(NC(=NCC(=O)N(C)C)NCc2cccs2)CC1.I. The number of hydrogen-bond donors (Lipinski definition) is 2. The molecular weight excluding hydrogens is 501 g/mol. The van der Waals surface area contributed by atoms with E-state index in [4.69, 9.17) is 4.74 Å². The van der Waals surface area contributed by atoms with Gasteiger partial charge in [-0.15, -0.1) is 35.3 Å². The van der Waals surface area contributed by atoms with Gasteiger partial charge >= 0.3 is 0 Å². The summed E-state index contributed by atoms with van der Waals surface area (Å²) in [5.74, 6) is 0.711. The first kappa shape index (κ1) is 26.1. The van der Waals surface area contributed by atoms with Crippen LogP contribution in [0.3, 0.4) is 0 Å². The molecule has 0 radical (unpaired) electrons. The van der Waals surface area contributed by atoms with Gasteiger partial charge in [-0.1, -0.05) is 6.07 Å². The van der Waals surface area contributed by atoms with E-state index in [1.165, 1.54) is 4.88 Å². The van der Waals surface area contributed by atoms with Gasteiger partial charge in [0, 0.05) is 44.6 Å². The van der Waals surface area contributed by atoms with E-state index in [1.807, 2.05) is 6.07 Å². The molecule has 1 aliphatic heterocycles. The minimum Gasteiger partial charge on any atom is -0.377 e. The zero-order valence-corrected chi connectivity index (χ0v) is 21.2. The third-order valence-corrected chi connectivity index (χ3v) is 5.54. The molecule has 2 heterocycles. The van der Waals surface area contributed by atoms with E-state index in [1.54, 1.807) is 30.3 Å². The highest BCUT2D eigenvalue weighted by Gasteiger charge is 2.20. The van der Waals surface area contributed by atoms with Gasteiger partial charge in [0.15, 0.2) is 5.96 Å². The Hall–Kier alpha value is -0.910. The number of guanidine groups is 1. The number of ether oxygens (including phenoxy) is 1. The van der Waals surface area contributed by atoms with Gasteiger partial charge in [-0.05, 0) is 38.1 Å². The van der Waals surface area contributed by atoms with Gasteiger partial charge in [0.2, 0.25) is 5.91 Å². The lowest BCUT2D eigenvalue weighted by Crippen LogP contribution is -2.49. The Bertz CT molecular complexity index is 602. The van der Waals surface area contributed by atoms with Crippen molar-refractivity contribution in [3.05, 3.63) is 22.4 Å². The number of carbonyl (C=O) groups is 1. The van der Waals surface area contributed by atoms with E-state index in [0.29, 0.717) is 18.5 Å². The van der Waals surface area contributed by atoms with Crippen molar-refractivity contribution < 1.29 is 9.53 Å². The Labute approximate surface area is 196 Å². The third-order valence-electron chi connectivity index (χ3n) is 4.67. The largest absolute Gasteiger partial charge is 0.377 e. The molecule has 1 aliphatic rings. The number of likely N-dealkylation sites (tertiary alicyclic amines) is 1. The summed E-state index contributed by atoms with van der Waals surface area (Å²) in [6, 6.07) is 4.50. The lowest BCUT2D eigenvalue weighted by molar-refractivity contribution is -0.127. The quantitative estimate of drug-likeness (QED) is 0.288. The Morgan fingerprint density at radius 2 is 2.10 bits per heavy atom. The van der Waals surface area contributed by atoms with Gasteiger partial charge < -0.3 is 25.2 Å². The lowest BCUT2D eigenvalue weighted by Gasteiger charge is -2.33. The van der Waals surface area contributed by atoms with Gasteiger partial charge in [-0.2, -0.15) is 0 Å². The summed E-state index contributed by atoms with van der Waals surface area (Å²) >= 11 is 1.71. The molecule has 0 unspecified atom stereocenters. The fourth-order valence-electron chi connectivity index (χ4n) is 2.94. The van der Waals surface area contributed by atoms with Crippen LogP contribution < -0.4 is 10.6 Å². The fraction of sp³-hybridized carbons (Fsp3) is 0.700. The van der Waals surface area contributed by atoms with Crippen LogP contribution in [0.25, 0.3) is 0 Å². The molecule has 1 aromatic rings. The highest BCUT2D eigenvalue weighted by atomic mass is 127. The topological polar surface area (TPSA) is 69.2 Å². The number of thiophene rings is 1. The van der Waals surface area contributed by atoms with Crippen molar-refractivity contribution in [2.24, 2.45) is 4.99 Å². The average molecular weight is 538 g/mol. The predicted molar refractivity (Wildman–Crippen MR) is 131 cm³/mol. The van der Waals surface area contributed by atoms with Crippen molar-refractivity contribution in [1.82, 2.24) is 20.4 Å². The number of rotatable bonds is 9. The molecule has 0 aliphatic carbocycles. The van der Waals surface area contributed by atoms with E-state index in [2.05, 4.69) is 45.8 Å². The number of aliphatic imine (C=N–C) groups is 1. The summed E-state index contributed by atoms with van der Waals surface area (Å²) < 4.78 is 5.66. The highest BCUT2D eigenvalue weighted by molar-refractivity contribution is 14.0. The number of piperidine rings is 1. The van der Waals surface area contributed by atoms with Gasteiger partial charge in [0.05, 0.1) is 19.3 Å². The molecule has 0 spiro atoms. The molecule has 1 fully saturated rings. The Morgan fingerprint density at radius 1 is 1.38 bits per heavy atom. The monoisotopic (exact) mass is 537 g/mol. The minimum atomic E-state index is -0.00260.